The molecule has 0 amide bonds. The zero-order valence-electron chi connectivity index (χ0n) is 16.7. The maximum Gasteiger partial charge on any atom is 0.337 e. The van der Waals surface area contributed by atoms with E-state index < -0.39 is 5.97 Å². The van der Waals surface area contributed by atoms with Gasteiger partial charge in [-0.2, -0.15) is 5.26 Å². The number of pyridine rings is 1. The lowest BCUT2D eigenvalue weighted by molar-refractivity contribution is 0.0697. The Bertz CT molecular complexity index is 1100. The van der Waals surface area contributed by atoms with Gasteiger partial charge in [-0.1, -0.05) is 0 Å². The first-order chi connectivity index (χ1) is 15.1. The molecule has 1 fully saturated rings. The minimum Gasteiger partial charge on any atom is -0.478 e. The van der Waals surface area contributed by atoms with Gasteiger partial charge in [-0.15, -0.1) is 0 Å². The number of hydrogen-bond acceptors (Lipinski definition) is 8. The maximum atomic E-state index is 11.3. The third-order valence-corrected chi connectivity index (χ3v) is 5.10. The number of aromatic nitrogens is 4. The number of rotatable bonds is 7. The number of nitrogens with one attached hydrogen (secondary N) is 3. The fraction of sp³-hybridized carbons (Fsp3) is 0.286. The van der Waals surface area contributed by atoms with Crippen molar-refractivity contribution in [2.75, 3.05) is 30.3 Å². The predicted molar refractivity (Wildman–Crippen MR) is 115 cm³/mol. The molecular formula is C21H22N8O2. The molecule has 3 aromatic rings. The van der Waals surface area contributed by atoms with Crippen molar-refractivity contribution in [2.45, 2.75) is 12.8 Å². The number of carboxylic acids is 1. The molecule has 4 N–H and O–H groups in total. The van der Waals surface area contributed by atoms with Crippen molar-refractivity contribution >= 4 is 23.3 Å². The minimum absolute atomic E-state index is 0.206. The number of hydrogen-bond donors (Lipinski definition) is 4. The summed E-state index contributed by atoms with van der Waals surface area (Å²) in [6, 6.07) is 5.34. The monoisotopic (exact) mass is 418 g/mol. The Morgan fingerprint density at radius 2 is 2.16 bits per heavy atom. The number of nitrogens with zero attached hydrogens (tertiary/aromatic N) is 5. The third-order valence-electron chi connectivity index (χ3n) is 5.10. The molecule has 4 rings (SSSR count). The fourth-order valence-electron chi connectivity index (χ4n) is 3.47. The van der Waals surface area contributed by atoms with Gasteiger partial charge in [0.25, 0.3) is 0 Å². The van der Waals surface area contributed by atoms with Crippen LogP contribution >= 0.6 is 0 Å². The van der Waals surface area contributed by atoms with Crippen molar-refractivity contribution in [2.24, 2.45) is 5.92 Å². The van der Waals surface area contributed by atoms with Crippen LogP contribution in [0.2, 0.25) is 0 Å². The number of carboxylic acid groups (broad SMARTS) is 1. The van der Waals surface area contributed by atoms with Crippen LogP contribution in [0.1, 0.15) is 28.9 Å². The normalized spacial score (nSPS) is 15.8. The standard InChI is InChI=1S/C21H22N8O2/c22-7-16-10-26-20(12-24-16)28-19-6-17(25-9-14-2-1-4-23-8-14)18(11-27-19)29-5-3-15(13-29)21(30)31/h3,5-6,10-14,23H,1-2,4,8-9H2,(H,30,31)(H2,25,26,27,28). The van der Waals surface area contributed by atoms with E-state index in [1.54, 1.807) is 29.2 Å². The molecule has 31 heavy (non-hydrogen) atoms. The molecule has 1 unspecified atom stereocenters. The molecule has 158 valence electrons. The van der Waals surface area contributed by atoms with Crippen LogP contribution in [0, 0.1) is 17.2 Å². The summed E-state index contributed by atoms with van der Waals surface area (Å²) in [4.78, 5) is 23.9. The van der Waals surface area contributed by atoms with E-state index in [0.717, 1.165) is 43.9 Å². The lowest BCUT2D eigenvalue weighted by Gasteiger charge is -2.24. The summed E-state index contributed by atoms with van der Waals surface area (Å²) >= 11 is 0. The third kappa shape index (κ3) is 4.96. The molecule has 1 atom stereocenters. The highest BCUT2D eigenvalue weighted by Gasteiger charge is 2.15. The van der Waals surface area contributed by atoms with Gasteiger partial charge >= 0.3 is 5.97 Å². The van der Waals surface area contributed by atoms with Crippen LogP contribution in [0.15, 0.2) is 43.1 Å². The minimum atomic E-state index is -0.979. The Hall–Kier alpha value is -3.97. The van der Waals surface area contributed by atoms with Crippen LogP contribution in [0.4, 0.5) is 17.3 Å². The van der Waals surface area contributed by atoms with E-state index in [1.807, 2.05) is 12.1 Å². The summed E-state index contributed by atoms with van der Waals surface area (Å²) in [7, 11) is 0. The Morgan fingerprint density at radius 3 is 2.84 bits per heavy atom. The average Bonchev–Trinajstić information content (AvgIpc) is 3.29. The molecule has 3 aromatic heterocycles. The van der Waals surface area contributed by atoms with E-state index in [4.69, 9.17) is 5.26 Å². The Labute approximate surface area is 179 Å². The van der Waals surface area contributed by atoms with E-state index >= 15 is 0 Å². The summed E-state index contributed by atoms with van der Waals surface area (Å²) in [6.45, 7) is 2.80. The average molecular weight is 418 g/mol. The molecule has 0 aliphatic carbocycles. The van der Waals surface area contributed by atoms with Gasteiger partial charge in [0.15, 0.2) is 5.69 Å². The second-order valence-corrected chi connectivity index (χ2v) is 7.32. The summed E-state index contributed by atoms with van der Waals surface area (Å²) < 4.78 is 1.74. The fourth-order valence-corrected chi connectivity index (χ4v) is 3.47. The van der Waals surface area contributed by atoms with Crippen molar-refractivity contribution in [3.63, 3.8) is 0 Å². The SMILES string of the molecule is N#Cc1cnc(Nc2cc(NCC3CCCNC3)c(-n3ccc(C(=O)O)c3)cn2)cn1. The second-order valence-electron chi connectivity index (χ2n) is 7.32. The lowest BCUT2D eigenvalue weighted by Crippen LogP contribution is -2.33. The molecule has 1 saturated heterocycles. The first-order valence-electron chi connectivity index (χ1n) is 9.98. The molecule has 4 heterocycles. The highest BCUT2D eigenvalue weighted by atomic mass is 16.4. The first kappa shape index (κ1) is 20.3. The lowest BCUT2D eigenvalue weighted by atomic mass is 10.00. The Balaban J connectivity index is 1.59. The summed E-state index contributed by atoms with van der Waals surface area (Å²) in [5.74, 6) is 0.551. The van der Waals surface area contributed by atoms with Gasteiger partial charge in [-0.05, 0) is 37.9 Å². The van der Waals surface area contributed by atoms with Crippen molar-refractivity contribution < 1.29 is 9.90 Å². The Kier molecular flexibility index (Phi) is 6.05. The second kappa shape index (κ2) is 9.23. The van der Waals surface area contributed by atoms with Crippen LogP contribution in [0.3, 0.4) is 0 Å². The molecule has 0 spiro atoms. The molecule has 10 nitrogen and oxygen atoms in total. The smallest absolute Gasteiger partial charge is 0.337 e. The van der Waals surface area contributed by atoms with Crippen LogP contribution in [0.25, 0.3) is 5.69 Å². The van der Waals surface area contributed by atoms with Gasteiger partial charge in [0.05, 0.1) is 35.5 Å². The molecule has 0 radical (unpaired) electrons. The maximum absolute atomic E-state index is 11.3. The quantitative estimate of drug-likeness (QED) is 0.455. The largest absolute Gasteiger partial charge is 0.478 e. The highest BCUT2D eigenvalue weighted by Crippen LogP contribution is 2.26. The molecule has 1 aliphatic rings. The topological polar surface area (TPSA) is 141 Å². The van der Waals surface area contributed by atoms with Gasteiger partial charge in [0, 0.05) is 25.0 Å². The van der Waals surface area contributed by atoms with Crippen LogP contribution in [-0.4, -0.2) is 50.2 Å². The summed E-state index contributed by atoms with van der Waals surface area (Å²) in [5.41, 5.74) is 2.00. The van der Waals surface area contributed by atoms with Crippen molar-refractivity contribution in [1.82, 2.24) is 24.8 Å². The molecule has 10 heteroatoms. The van der Waals surface area contributed by atoms with E-state index in [0.29, 0.717) is 17.6 Å². The van der Waals surface area contributed by atoms with Gasteiger partial charge < -0.3 is 25.6 Å². The summed E-state index contributed by atoms with van der Waals surface area (Å²) in [6.07, 6.45) is 10.1. The van der Waals surface area contributed by atoms with E-state index in [-0.39, 0.29) is 11.3 Å². The van der Waals surface area contributed by atoms with Crippen molar-refractivity contribution in [3.05, 3.63) is 54.4 Å². The van der Waals surface area contributed by atoms with Gasteiger partial charge in [0.1, 0.15) is 17.7 Å². The predicted octanol–water partition coefficient (Wildman–Crippen LogP) is 2.39. The van der Waals surface area contributed by atoms with E-state index in [9.17, 15) is 9.90 Å². The molecule has 0 aromatic carbocycles. The zero-order valence-corrected chi connectivity index (χ0v) is 16.7. The molecule has 0 saturated carbocycles. The van der Waals surface area contributed by atoms with Gasteiger partial charge in [-0.3, -0.25) is 0 Å². The number of anilines is 3. The first-order valence-corrected chi connectivity index (χ1v) is 9.98. The van der Waals surface area contributed by atoms with E-state index in [1.165, 1.54) is 12.4 Å². The number of nitriles is 1. The number of aromatic carboxylic acids is 1. The van der Waals surface area contributed by atoms with Gasteiger partial charge in [-0.25, -0.2) is 19.7 Å². The van der Waals surface area contributed by atoms with Crippen molar-refractivity contribution in [1.29, 1.82) is 5.26 Å². The molecule has 0 bridgehead atoms. The molecular weight excluding hydrogens is 396 g/mol. The van der Waals surface area contributed by atoms with Crippen molar-refractivity contribution in [3.8, 4) is 11.8 Å². The molecule has 1 aliphatic heterocycles. The van der Waals surface area contributed by atoms with E-state index in [2.05, 4.69) is 30.9 Å². The number of carbonyl (C=O) groups is 1. The number of piperidine rings is 1. The Morgan fingerprint density at radius 1 is 1.29 bits per heavy atom. The van der Waals surface area contributed by atoms with Crippen LogP contribution in [-0.2, 0) is 0 Å². The van der Waals surface area contributed by atoms with Crippen LogP contribution in [0.5, 0.6) is 0 Å². The van der Waals surface area contributed by atoms with Gasteiger partial charge in [0.2, 0.25) is 0 Å². The van der Waals surface area contributed by atoms with Crippen LogP contribution < -0.4 is 16.0 Å². The zero-order chi connectivity index (χ0) is 21.6. The highest BCUT2D eigenvalue weighted by molar-refractivity contribution is 5.87. The summed E-state index contributed by atoms with van der Waals surface area (Å²) in [5, 5.41) is 28.1.